The van der Waals surface area contributed by atoms with Crippen LogP contribution in [0.25, 0.3) is 0 Å². The summed E-state index contributed by atoms with van der Waals surface area (Å²) in [6, 6.07) is 6.75. The van der Waals surface area contributed by atoms with E-state index in [1.54, 1.807) is 12.7 Å². The second-order valence-corrected chi connectivity index (χ2v) is 7.51. The van der Waals surface area contributed by atoms with E-state index >= 15 is 0 Å². The predicted molar refractivity (Wildman–Crippen MR) is 102 cm³/mol. The van der Waals surface area contributed by atoms with Crippen LogP contribution in [0.4, 0.5) is 11.4 Å². The van der Waals surface area contributed by atoms with Crippen LogP contribution in [0, 0.1) is 5.92 Å². The lowest BCUT2D eigenvalue weighted by atomic mass is 9.84. The molecule has 6 nitrogen and oxygen atoms in total. The Bertz CT molecular complexity index is 754. The lowest BCUT2D eigenvalue weighted by Crippen LogP contribution is -2.40. The highest BCUT2D eigenvalue weighted by Crippen LogP contribution is 2.34. The molecular formula is C20H27N5O. The topological polar surface area (TPSA) is 63.1 Å². The van der Waals surface area contributed by atoms with Crippen molar-refractivity contribution in [3.63, 3.8) is 0 Å². The molecule has 2 heterocycles. The molecule has 26 heavy (non-hydrogen) atoms. The molecule has 1 unspecified atom stereocenters. The second kappa shape index (κ2) is 7.48. The number of aryl methyl sites for hydroxylation is 1. The molecule has 1 N–H and O–H groups in total. The molecule has 138 valence electrons. The monoisotopic (exact) mass is 353 g/mol. The van der Waals surface area contributed by atoms with Crippen LogP contribution in [0.15, 0.2) is 30.9 Å². The van der Waals surface area contributed by atoms with Crippen LogP contribution in [-0.4, -0.2) is 33.3 Å². The minimum absolute atomic E-state index is 0.280. The first-order chi connectivity index (χ1) is 12.7. The van der Waals surface area contributed by atoms with Crippen molar-refractivity contribution in [2.75, 3.05) is 16.8 Å². The van der Waals surface area contributed by atoms with Crippen LogP contribution in [0.1, 0.15) is 44.6 Å². The fourth-order valence-corrected chi connectivity index (χ4v) is 3.85. The number of hydrogen-bond donors (Lipinski definition) is 1. The van der Waals surface area contributed by atoms with Gasteiger partial charge in [0.2, 0.25) is 5.91 Å². The predicted octanol–water partition coefficient (Wildman–Crippen LogP) is 3.25. The SMILES string of the molecule is CCC(Cn1cncn1)Nc1ccc2c(c1)CCC(=O)N2CC1CCC1. The lowest BCUT2D eigenvalue weighted by Gasteiger charge is -2.36. The molecule has 0 bridgehead atoms. The zero-order valence-corrected chi connectivity index (χ0v) is 15.4. The van der Waals surface area contributed by atoms with Gasteiger partial charge in [0.15, 0.2) is 0 Å². The highest BCUT2D eigenvalue weighted by molar-refractivity contribution is 5.96. The Hall–Kier alpha value is -2.37. The van der Waals surface area contributed by atoms with E-state index < -0.39 is 0 Å². The molecule has 1 aliphatic heterocycles. The maximum absolute atomic E-state index is 12.4. The van der Waals surface area contributed by atoms with E-state index in [1.807, 2.05) is 9.58 Å². The number of carbonyl (C=O) groups is 1. The maximum Gasteiger partial charge on any atom is 0.227 e. The summed E-state index contributed by atoms with van der Waals surface area (Å²) in [4.78, 5) is 18.5. The van der Waals surface area contributed by atoms with Crippen LogP contribution in [-0.2, 0) is 17.8 Å². The number of aromatic nitrogens is 3. The Kier molecular flexibility index (Phi) is 4.91. The number of nitrogens with zero attached hydrogens (tertiary/aromatic N) is 4. The van der Waals surface area contributed by atoms with Crippen molar-refractivity contribution in [2.24, 2.45) is 5.92 Å². The van der Waals surface area contributed by atoms with Gasteiger partial charge in [-0.15, -0.1) is 0 Å². The minimum atomic E-state index is 0.280. The van der Waals surface area contributed by atoms with Crippen molar-refractivity contribution in [3.8, 4) is 0 Å². The van der Waals surface area contributed by atoms with Gasteiger partial charge in [0.05, 0.1) is 6.54 Å². The molecule has 6 heteroatoms. The molecule has 1 aromatic carbocycles. The first-order valence-corrected chi connectivity index (χ1v) is 9.75. The number of anilines is 2. The second-order valence-electron chi connectivity index (χ2n) is 7.51. The quantitative estimate of drug-likeness (QED) is 0.830. The summed E-state index contributed by atoms with van der Waals surface area (Å²) < 4.78 is 1.86. The Labute approximate surface area is 154 Å². The normalized spacial score (nSPS) is 18.3. The van der Waals surface area contributed by atoms with Gasteiger partial charge < -0.3 is 10.2 Å². The van der Waals surface area contributed by atoms with Crippen molar-refractivity contribution >= 4 is 17.3 Å². The van der Waals surface area contributed by atoms with Gasteiger partial charge in [-0.3, -0.25) is 9.48 Å². The highest BCUT2D eigenvalue weighted by atomic mass is 16.2. The molecule has 0 spiro atoms. The third kappa shape index (κ3) is 3.59. The summed E-state index contributed by atoms with van der Waals surface area (Å²) in [7, 11) is 0. The highest BCUT2D eigenvalue weighted by Gasteiger charge is 2.29. The molecule has 0 saturated heterocycles. The van der Waals surface area contributed by atoms with Crippen molar-refractivity contribution in [2.45, 2.75) is 58.0 Å². The van der Waals surface area contributed by atoms with Gasteiger partial charge in [0, 0.05) is 30.4 Å². The molecule has 1 atom stereocenters. The third-order valence-corrected chi connectivity index (χ3v) is 5.68. The summed E-state index contributed by atoms with van der Waals surface area (Å²) in [5.74, 6) is 0.970. The van der Waals surface area contributed by atoms with E-state index in [0.29, 0.717) is 18.4 Å². The zero-order chi connectivity index (χ0) is 17.9. The molecule has 1 aromatic heterocycles. The van der Waals surface area contributed by atoms with E-state index in [2.05, 4.69) is 40.5 Å². The van der Waals surface area contributed by atoms with Gasteiger partial charge in [-0.1, -0.05) is 13.3 Å². The van der Waals surface area contributed by atoms with E-state index in [4.69, 9.17) is 0 Å². The van der Waals surface area contributed by atoms with E-state index in [0.717, 1.165) is 37.3 Å². The Morgan fingerprint density at radius 2 is 2.19 bits per heavy atom. The van der Waals surface area contributed by atoms with Gasteiger partial charge in [0.1, 0.15) is 12.7 Å². The first-order valence-electron chi connectivity index (χ1n) is 9.75. The van der Waals surface area contributed by atoms with E-state index in [-0.39, 0.29) is 5.91 Å². The molecule has 2 aromatic rings. The molecule has 1 aliphatic carbocycles. The summed E-state index contributed by atoms with van der Waals surface area (Å²) in [5, 5.41) is 7.81. The lowest BCUT2D eigenvalue weighted by molar-refractivity contribution is -0.119. The Morgan fingerprint density at radius 1 is 1.31 bits per heavy atom. The number of nitrogens with one attached hydrogen (secondary N) is 1. The van der Waals surface area contributed by atoms with E-state index in [1.165, 1.54) is 24.8 Å². The number of fused-ring (bicyclic) bond motifs is 1. The summed E-state index contributed by atoms with van der Waals surface area (Å²) in [6.07, 6.45) is 9.62. The van der Waals surface area contributed by atoms with Crippen LogP contribution < -0.4 is 10.2 Å². The number of carbonyl (C=O) groups excluding carboxylic acids is 1. The molecule has 2 aliphatic rings. The molecule has 1 fully saturated rings. The van der Waals surface area contributed by atoms with Crippen molar-refractivity contribution in [1.82, 2.24) is 14.8 Å². The minimum Gasteiger partial charge on any atom is -0.380 e. The fraction of sp³-hybridized carbons (Fsp3) is 0.550. The Morgan fingerprint density at radius 3 is 2.88 bits per heavy atom. The van der Waals surface area contributed by atoms with Crippen LogP contribution in [0.5, 0.6) is 0 Å². The molecule has 1 amide bonds. The first kappa shape index (κ1) is 17.1. The average molecular weight is 353 g/mol. The molecule has 4 rings (SSSR count). The zero-order valence-electron chi connectivity index (χ0n) is 15.4. The number of rotatable bonds is 7. The van der Waals surface area contributed by atoms with Gasteiger partial charge >= 0.3 is 0 Å². The molecule has 0 radical (unpaired) electrons. The van der Waals surface area contributed by atoms with Crippen LogP contribution >= 0.6 is 0 Å². The largest absolute Gasteiger partial charge is 0.380 e. The standard InChI is InChI=1S/C20H27N5O/c1-2-17(12-24-14-21-13-22-24)23-18-7-8-19-16(10-18)6-9-20(26)25(19)11-15-4-3-5-15/h7-8,10,13-15,17,23H,2-6,9,11-12H2,1H3. The fourth-order valence-electron chi connectivity index (χ4n) is 3.85. The average Bonchev–Trinajstić information content (AvgIpc) is 3.12. The summed E-state index contributed by atoms with van der Waals surface area (Å²) >= 11 is 0. The van der Waals surface area contributed by atoms with Crippen molar-refractivity contribution in [1.29, 1.82) is 0 Å². The smallest absolute Gasteiger partial charge is 0.227 e. The number of hydrogen-bond acceptors (Lipinski definition) is 4. The summed E-state index contributed by atoms with van der Waals surface area (Å²) in [5.41, 5.74) is 3.52. The molecule has 1 saturated carbocycles. The van der Waals surface area contributed by atoms with Gasteiger partial charge in [-0.2, -0.15) is 5.10 Å². The maximum atomic E-state index is 12.4. The molecular weight excluding hydrogens is 326 g/mol. The van der Waals surface area contributed by atoms with E-state index in [9.17, 15) is 4.79 Å². The number of benzene rings is 1. The number of amides is 1. The Balaban J connectivity index is 1.48. The van der Waals surface area contributed by atoms with Crippen molar-refractivity contribution < 1.29 is 4.79 Å². The van der Waals surface area contributed by atoms with Crippen molar-refractivity contribution in [3.05, 3.63) is 36.4 Å². The summed E-state index contributed by atoms with van der Waals surface area (Å²) in [6.45, 7) is 3.86. The van der Waals surface area contributed by atoms with Gasteiger partial charge in [-0.05, 0) is 55.4 Å². The van der Waals surface area contributed by atoms with Gasteiger partial charge in [-0.25, -0.2) is 4.98 Å². The van der Waals surface area contributed by atoms with Crippen LogP contribution in [0.2, 0.25) is 0 Å². The van der Waals surface area contributed by atoms with Crippen LogP contribution in [0.3, 0.4) is 0 Å². The van der Waals surface area contributed by atoms with Gasteiger partial charge in [0.25, 0.3) is 0 Å². The third-order valence-electron chi connectivity index (χ3n) is 5.68.